The smallest absolute Gasteiger partial charge is 0.251 e. The number of nitrogens with one attached hydrogen (secondary N) is 2. The summed E-state index contributed by atoms with van der Waals surface area (Å²) in [6.07, 6.45) is 0.853. The Labute approximate surface area is 188 Å². The number of amides is 1. The van der Waals surface area contributed by atoms with Crippen LogP contribution in [-0.4, -0.2) is 17.4 Å². The Morgan fingerprint density at radius 1 is 0.875 bits per heavy atom. The molecule has 4 nitrogen and oxygen atoms in total. The predicted octanol–water partition coefficient (Wildman–Crippen LogP) is 5.03. The molecule has 0 unspecified atom stereocenters. The number of aromatic amines is 1. The second-order valence-corrected chi connectivity index (χ2v) is 8.33. The minimum absolute atomic E-state index is 0.00677. The van der Waals surface area contributed by atoms with Crippen LogP contribution in [0.25, 0.3) is 10.9 Å². The molecule has 0 aliphatic heterocycles. The van der Waals surface area contributed by atoms with Crippen LogP contribution < -0.4 is 10.9 Å². The highest BCUT2D eigenvalue weighted by atomic mass is 16.1. The lowest BCUT2D eigenvalue weighted by atomic mass is 9.88. The van der Waals surface area contributed by atoms with Gasteiger partial charge in [0.05, 0.1) is 0 Å². The van der Waals surface area contributed by atoms with Crippen molar-refractivity contribution in [3.05, 3.63) is 117 Å². The lowest BCUT2D eigenvalue weighted by molar-refractivity contribution is -0.121. The van der Waals surface area contributed by atoms with Crippen LogP contribution >= 0.6 is 0 Å². The summed E-state index contributed by atoms with van der Waals surface area (Å²) in [5.74, 6) is -0.0286. The number of carbonyl (C=O) groups is 1. The van der Waals surface area contributed by atoms with Gasteiger partial charge in [-0.05, 0) is 66.1 Å². The van der Waals surface area contributed by atoms with E-state index in [2.05, 4.69) is 47.6 Å². The number of aromatic nitrogens is 1. The van der Waals surface area contributed by atoms with Gasteiger partial charge in [-0.3, -0.25) is 9.59 Å². The van der Waals surface area contributed by atoms with Crippen LogP contribution in [0.3, 0.4) is 0 Å². The zero-order valence-corrected chi connectivity index (χ0v) is 18.5. The third kappa shape index (κ3) is 4.97. The molecule has 1 heterocycles. The fourth-order valence-electron chi connectivity index (χ4n) is 4.10. The molecule has 0 radical (unpaired) electrons. The van der Waals surface area contributed by atoms with E-state index in [1.807, 2.05) is 55.5 Å². The average molecular weight is 425 g/mol. The van der Waals surface area contributed by atoms with Gasteiger partial charge in [0.2, 0.25) is 5.91 Å². The highest BCUT2D eigenvalue weighted by molar-refractivity contribution is 5.81. The fraction of sp³-hybridized carbons (Fsp3) is 0.214. The predicted molar refractivity (Wildman–Crippen MR) is 130 cm³/mol. The molecule has 0 saturated carbocycles. The van der Waals surface area contributed by atoms with Crippen molar-refractivity contribution in [3.63, 3.8) is 0 Å². The summed E-state index contributed by atoms with van der Waals surface area (Å²) < 4.78 is 0. The molecule has 4 rings (SSSR count). The largest absolute Gasteiger partial charge is 0.356 e. The summed E-state index contributed by atoms with van der Waals surface area (Å²) in [5, 5.41) is 4.02. The zero-order chi connectivity index (χ0) is 22.5. The minimum Gasteiger partial charge on any atom is -0.356 e. The van der Waals surface area contributed by atoms with Gasteiger partial charge >= 0.3 is 0 Å². The molecule has 4 heteroatoms. The number of hydrogen-bond acceptors (Lipinski definition) is 2. The normalized spacial score (nSPS) is 11.1. The molecule has 0 saturated heterocycles. The number of benzene rings is 3. The number of H-pyrrole nitrogens is 1. The van der Waals surface area contributed by atoms with Crippen molar-refractivity contribution in [1.82, 2.24) is 10.3 Å². The zero-order valence-electron chi connectivity index (χ0n) is 18.5. The molecule has 1 aromatic heterocycles. The van der Waals surface area contributed by atoms with Crippen molar-refractivity contribution in [1.29, 1.82) is 0 Å². The van der Waals surface area contributed by atoms with E-state index < -0.39 is 0 Å². The molecular formula is C28H28N2O2. The standard InChI is InChI=1S/C28H28N2O2/c1-19-15-24-17-23(28(32)30-26(24)16-20(19)2)13-14-29-27(31)18-25(21-9-5-3-6-10-21)22-11-7-4-8-12-22/h3-12,15-17,25H,13-14,18H2,1-2H3,(H,29,31)(H,30,32). The van der Waals surface area contributed by atoms with Crippen LogP contribution in [0.4, 0.5) is 0 Å². The lowest BCUT2D eigenvalue weighted by Gasteiger charge is -2.18. The third-order valence-electron chi connectivity index (χ3n) is 6.05. The van der Waals surface area contributed by atoms with E-state index in [4.69, 9.17) is 0 Å². The van der Waals surface area contributed by atoms with Gasteiger partial charge in [-0.25, -0.2) is 0 Å². The maximum Gasteiger partial charge on any atom is 0.251 e. The monoisotopic (exact) mass is 424 g/mol. The van der Waals surface area contributed by atoms with Gasteiger partial charge in [-0.1, -0.05) is 60.7 Å². The Morgan fingerprint density at radius 3 is 2.09 bits per heavy atom. The number of fused-ring (bicyclic) bond motifs is 1. The van der Waals surface area contributed by atoms with Gasteiger partial charge in [-0.15, -0.1) is 0 Å². The van der Waals surface area contributed by atoms with Crippen molar-refractivity contribution in [2.75, 3.05) is 6.54 Å². The van der Waals surface area contributed by atoms with E-state index >= 15 is 0 Å². The topological polar surface area (TPSA) is 62.0 Å². The van der Waals surface area contributed by atoms with E-state index in [9.17, 15) is 9.59 Å². The molecule has 0 atom stereocenters. The summed E-state index contributed by atoms with van der Waals surface area (Å²) in [6.45, 7) is 4.53. The molecule has 0 fully saturated rings. The Balaban J connectivity index is 1.43. The van der Waals surface area contributed by atoms with Crippen molar-refractivity contribution in [2.45, 2.75) is 32.6 Å². The maximum absolute atomic E-state index is 12.8. The molecule has 2 N–H and O–H groups in total. The Hall–Kier alpha value is -3.66. The first-order chi connectivity index (χ1) is 15.5. The molecule has 0 aliphatic rings. The lowest BCUT2D eigenvalue weighted by Crippen LogP contribution is -2.28. The quantitative estimate of drug-likeness (QED) is 0.437. The molecule has 0 spiro atoms. The first-order valence-electron chi connectivity index (χ1n) is 11.0. The van der Waals surface area contributed by atoms with Gasteiger partial charge < -0.3 is 10.3 Å². The molecule has 0 aliphatic carbocycles. The van der Waals surface area contributed by atoms with E-state index in [0.29, 0.717) is 24.9 Å². The highest BCUT2D eigenvalue weighted by Gasteiger charge is 2.18. The number of hydrogen-bond donors (Lipinski definition) is 2. The average Bonchev–Trinajstić information content (AvgIpc) is 2.80. The highest BCUT2D eigenvalue weighted by Crippen LogP contribution is 2.27. The Kier molecular flexibility index (Phi) is 6.50. The van der Waals surface area contributed by atoms with Crippen LogP contribution in [-0.2, 0) is 11.2 Å². The first kappa shape index (κ1) is 21.6. The summed E-state index contributed by atoms with van der Waals surface area (Å²) in [5.41, 5.74) is 6.01. The number of rotatable bonds is 7. The van der Waals surface area contributed by atoms with E-state index in [0.717, 1.165) is 27.6 Å². The second-order valence-electron chi connectivity index (χ2n) is 8.33. The molecule has 3 aromatic carbocycles. The van der Waals surface area contributed by atoms with Crippen LogP contribution in [0.5, 0.6) is 0 Å². The number of aryl methyl sites for hydroxylation is 2. The van der Waals surface area contributed by atoms with E-state index in [1.165, 1.54) is 5.56 Å². The van der Waals surface area contributed by atoms with Crippen molar-refractivity contribution >= 4 is 16.8 Å². The molecule has 32 heavy (non-hydrogen) atoms. The first-order valence-corrected chi connectivity index (χ1v) is 11.0. The molecule has 162 valence electrons. The summed E-state index contributed by atoms with van der Waals surface area (Å²) >= 11 is 0. The Bertz CT molecular complexity index is 1240. The second kappa shape index (κ2) is 9.65. The number of carbonyl (C=O) groups excluding carboxylic acids is 1. The van der Waals surface area contributed by atoms with Crippen LogP contribution in [0.15, 0.2) is 83.7 Å². The minimum atomic E-state index is -0.0959. The van der Waals surface area contributed by atoms with Gasteiger partial charge in [0.25, 0.3) is 5.56 Å². The van der Waals surface area contributed by atoms with E-state index in [-0.39, 0.29) is 17.4 Å². The van der Waals surface area contributed by atoms with Crippen molar-refractivity contribution in [3.8, 4) is 0 Å². The molecule has 1 amide bonds. The van der Waals surface area contributed by atoms with E-state index in [1.54, 1.807) is 0 Å². The van der Waals surface area contributed by atoms with Gasteiger partial charge in [0.1, 0.15) is 0 Å². The fourth-order valence-corrected chi connectivity index (χ4v) is 4.10. The van der Waals surface area contributed by atoms with Gasteiger partial charge in [-0.2, -0.15) is 0 Å². The summed E-state index contributed by atoms with van der Waals surface area (Å²) in [7, 11) is 0. The third-order valence-corrected chi connectivity index (χ3v) is 6.05. The SMILES string of the molecule is Cc1cc2cc(CCNC(=O)CC(c3ccccc3)c3ccccc3)c(=O)[nH]c2cc1C. The molecular weight excluding hydrogens is 396 g/mol. The van der Waals surface area contributed by atoms with Crippen LogP contribution in [0.2, 0.25) is 0 Å². The van der Waals surface area contributed by atoms with Crippen LogP contribution in [0, 0.1) is 13.8 Å². The molecule has 4 aromatic rings. The molecule has 0 bridgehead atoms. The summed E-state index contributed by atoms with van der Waals surface area (Å²) in [6, 6.07) is 26.2. The number of pyridine rings is 1. The van der Waals surface area contributed by atoms with Crippen molar-refractivity contribution in [2.24, 2.45) is 0 Å². The van der Waals surface area contributed by atoms with Gasteiger partial charge in [0.15, 0.2) is 0 Å². The summed E-state index contributed by atoms with van der Waals surface area (Å²) in [4.78, 5) is 28.2. The maximum atomic E-state index is 12.8. The van der Waals surface area contributed by atoms with Crippen molar-refractivity contribution < 1.29 is 4.79 Å². The van der Waals surface area contributed by atoms with Crippen LogP contribution in [0.1, 0.15) is 40.2 Å². The Morgan fingerprint density at radius 2 is 1.47 bits per heavy atom. The van der Waals surface area contributed by atoms with Gasteiger partial charge in [0, 0.05) is 30.0 Å².